The van der Waals surface area contributed by atoms with Gasteiger partial charge in [0.1, 0.15) is 0 Å². The van der Waals surface area contributed by atoms with E-state index in [0.717, 1.165) is 29.4 Å². The van der Waals surface area contributed by atoms with Gasteiger partial charge >= 0.3 is 0 Å². The minimum atomic E-state index is -3.25. The van der Waals surface area contributed by atoms with E-state index >= 15 is 0 Å². The summed E-state index contributed by atoms with van der Waals surface area (Å²) in [4.78, 5) is 0. The number of rotatable bonds is 6. The zero-order valence-electron chi connectivity index (χ0n) is 11.2. The summed E-state index contributed by atoms with van der Waals surface area (Å²) >= 11 is 0. The first kappa shape index (κ1) is 13.9. The van der Waals surface area contributed by atoms with Crippen LogP contribution < -0.4 is 4.72 Å². The molecule has 1 heterocycles. The summed E-state index contributed by atoms with van der Waals surface area (Å²) in [6.07, 6.45) is 2.63. The van der Waals surface area contributed by atoms with Crippen LogP contribution in [0, 0.1) is 6.92 Å². The monoisotopic (exact) mass is 281 g/mol. The van der Waals surface area contributed by atoms with Crippen LogP contribution in [0.1, 0.15) is 31.9 Å². The average Bonchev–Trinajstić information content (AvgIpc) is 2.71. The van der Waals surface area contributed by atoms with Crippen LogP contribution in [0.25, 0.3) is 10.9 Å². The molecule has 0 bridgehead atoms. The van der Waals surface area contributed by atoms with E-state index in [1.165, 1.54) is 0 Å². The quantitative estimate of drug-likeness (QED) is 0.799. The van der Waals surface area contributed by atoms with Crippen LogP contribution in [0.4, 0.5) is 5.69 Å². The van der Waals surface area contributed by atoms with Crippen LogP contribution in [-0.4, -0.2) is 24.4 Å². The van der Waals surface area contributed by atoms with Gasteiger partial charge in [-0.1, -0.05) is 19.8 Å². The predicted octanol–water partition coefficient (Wildman–Crippen LogP) is 2.80. The van der Waals surface area contributed by atoms with Crippen LogP contribution in [-0.2, 0) is 10.0 Å². The molecule has 2 rings (SSSR count). The Bertz CT molecular complexity index is 662. The van der Waals surface area contributed by atoms with Gasteiger partial charge in [0.2, 0.25) is 10.0 Å². The van der Waals surface area contributed by atoms with Crippen molar-refractivity contribution in [1.82, 2.24) is 10.2 Å². The van der Waals surface area contributed by atoms with Crippen molar-refractivity contribution in [2.24, 2.45) is 0 Å². The number of aryl methyl sites for hydroxylation is 1. The lowest BCUT2D eigenvalue weighted by Crippen LogP contribution is -2.16. The minimum absolute atomic E-state index is 0.170. The van der Waals surface area contributed by atoms with Crippen molar-refractivity contribution in [3.63, 3.8) is 0 Å². The summed E-state index contributed by atoms with van der Waals surface area (Å²) in [5.41, 5.74) is 2.36. The number of fused-ring (bicyclic) bond motifs is 1. The average molecular weight is 281 g/mol. The highest BCUT2D eigenvalue weighted by Gasteiger charge is 2.11. The Labute approximate surface area is 113 Å². The molecule has 0 unspecified atom stereocenters. The van der Waals surface area contributed by atoms with Gasteiger partial charge in [-0.15, -0.1) is 0 Å². The van der Waals surface area contributed by atoms with E-state index in [-0.39, 0.29) is 5.75 Å². The lowest BCUT2D eigenvalue weighted by Gasteiger charge is -2.07. The van der Waals surface area contributed by atoms with E-state index in [9.17, 15) is 8.42 Å². The molecular weight excluding hydrogens is 262 g/mol. The normalized spacial score (nSPS) is 11.9. The number of aromatic amines is 1. The Balaban J connectivity index is 2.14. The van der Waals surface area contributed by atoms with E-state index in [0.29, 0.717) is 12.1 Å². The summed E-state index contributed by atoms with van der Waals surface area (Å²) in [5.74, 6) is 0.170. The maximum absolute atomic E-state index is 11.9. The van der Waals surface area contributed by atoms with Gasteiger partial charge in [0, 0.05) is 11.1 Å². The van der Waals surface area contributed by atoms with Gasteiger partial charge in [0.05, 0.1) is 17.0 Å². The number of benzene rings is 1. The number of nitrogens with zero attached hydrogens (tertiary/aromatic N) is 1. The van der Waals surface area contributed by atoms with Crippen molar-refractivity contribution in [3.05, 3.63) is 23.9 Å². The van der Waals surface area contributed by atoms with Gasteiger partial charge in [-0.2, -0.15) is 5.10 Å². The highest BCUT2D eigenvalue weighted by molar-refractivity contribution is 7.92. The number of unbranched alkanes of at least 4 members (excludes halogenated alkanes) is 2. The molecule has 0 aliphatic rings. The van der Waals surface area contributed by atoms with E-state index in [1.54, 1.807) is 6.07 Å². The van der Waals surface area contributed by atoms with Gasteiger partial charge in [-0.25, -0.2) is 8.42 Å². The van der Waals surface area contributed by atoms with Gasteiger partial charge in [0.25, 0.3) is 0 Å². The fourth-order valence-electron chi connectivity index (χ4n) is 1.98. The summed E-state index contributed by atoms with van der Waals surface area (Å²) in [5, 5.41) is 7.92. The zero-order chi connectivity index (χ0) is 13.9. The first-order valence-electron chi connectivity index (χ1n) is 6.47. The van der Waals surface area contributed by atoms with E-state index in [4.69, 9.17) is 0 Å². The van der Waals surface area contributed by atoms with Gasteiger partial charge < -0.3 is 0 Å². The molecule has 0 atom stereocenters. The Morgan fingerprint density at radius 1 is 1.32 bits per heavy atom. The molecular formula is C13H19N3O2S. The van der Waals surface area contributed by atoms with Crippen molar-refractivity contribution in [3.8, 4) is 0 Å². The van der Waals surface area contributed by atoms with Crippen molar-refractivity contribution in [2.45, 2.75) is 33.1 Å². The molecule has 0 spiro atoms. The number of aromatic nitrogens is 2. The van der Waals surface area contributed by atoms with Crippen molar-refractivity contribution >= 4 is 26.6 Å². The Hall–Kier alpha value is -1.56. The maximum Gasteiger partial charge on any atom is 0.232 e. The van der Waals surface area contributed by atoms with Crippen LogP contribution >= 0.6 is 0 Å². The first-order valence-corrected chi connectivity index (χ1v) is 8.12. The fraction of sp³-hybridized carbons (Fsp3) is 0.462. The lowest BCUT2D eigenvalue weighted by atomic mass is 10.2. The van der Waals surface area contributed by atoms with Crippen LogP contribution in [0.15, 0.2) is 18.2 Å². The maximum atomic E-state index is 11.9. The molecule has 2 aromatic rings. The molecule has 0 fully saturated rings. The third-order valence-corrected chi connectivity index (χ3v) is 4.42. The summed E-state index contributed by atoms with van der Waals surface area (Å²) < 4.78 is 26.4. The van der Waals surface area contributed by atoms with Crippen molar-refractivity contribution in [1.29, 1.82) is 0 Å². The molecule has 104 valence electrons. The molecule has 0 aliphatic heterocycles. The van der Waals surface area contributed by atoms with Crippen LogP contribution in [0.2, 0.25) is 0 Å². The fourth-order valence-corrected chi connectivity index (χ4v) is 3.15. The molecule has 0 saturated carbocycles. The lowest BCUT2D eigenvalue weighted by molar-refractivity contribution is 0.596. The van der Waals surface area contributed by atoms with Crippen molar-refractivity contribution < 1.29 is 8.42 Å². The number of anilines is 1. The summed E-state index contributed by atoms with van der Waals surface area (Å²) in [6, 6.07) is 5.39. The third kappa shape index (κ3) is 3.47. The minimum Gasteiger partial charge on any atom is -0.284 e. The molecule has 1 aromatic carbocycles. The Kier molecular flexibility index (Phi) is 4.09. The molecule has 6 heteroatoms. The highest BCUT2D eigenvalue weighted by atomic mass is 32.2. The number of sulfonamides is 1. The topological polar surface area (TPSA) is 74.8 Å². The Morgan fingerprint density at radius 2 is 2.11 bits per heavy atom. The molecule has 0 amide bonds. The second kappa shape index (κ2) is 5.61. The Morgan fingerprint density at radius 3 is 2.84 bits per heavy atom. The van der Waals surface area contributed by atoms with Crippen molar-refractivity contribution in [2.75, 3.05) is 10.5 Å². The molecule has 5 nitrogen and oxygen atoms in total. The molecule has 0 saturated heterocycles. The second-order valence-corrected chi connectivity index (χ2v) is 6.54. The number of hydrogen-bond donors (Lipinski definition) is 2. The SMILES string of the molecule is CCCCCS(=O)(=O)Nc1ccc2[nH]nc(C)c2c1. The third-order valence-electron chi connectivity index (χ3n) is 3.04. The van der Waals surface area contributed by atoms with E-state index < -0.39 is 10.0 Å². The molecule has 1 aromatic heterocycles. The first-order chi connectivity index (χ1) is 9.02. The molecule has 2 N–H and O–H groups in total. The van der Waals surface area contributed by atoms with Gasteiger partial charge in [-0.3, -0.25) is 9.82 Å². The number of nitrogens with one attached hydrogen (secondary N) is 2. The second-order valence-electron chi connectivity index (χ2n) is 4.70. The smallest absolute Gasteiger partial charge is 0.232 e. The van der Waals surface area contributed by atoms with E-state index in [2.05, 4.69) is 21.8 Å². The van der Waals surface area contributed by atoms with Gasteiger partial charge in [0.15, 0.2) is 0 Å². The van der Waals surface area contributed by atoms with E-state index in [1.807, 2.05) is 19.1 Å². The highest BCUT2D eigenvalue weighted by Crippen LogP contribution is 2.21. The summed E-state index contributed by atoms with van der Waals surface area (Å²) in [7, 11) is -3.25. The summed E-state index contributed by atoms with van der Waals surface area (Å²) in [6.45, 7) is 3.94. The largest absolute Gasteiger partial charge is 0.284 e. The molecule has 19 heavy (non-hydrogen) atoms. The standard InChI is InChI=1S/C13H19N3O2S/c1-3-4-5-8-19(17,18)16-11-6-7-13-12(9-11)10(2)14-15-13/h6-7,9,16H,3-5,8H2,1-2H3,(H,14,15). The molecule has 0 aliphatic carbocycles. The molecule has 0 radical (unpaired) electrons. The number of H-pyrrole nitrogens is 1. The zero-order valence-corrected chi connectivity index (χ0v) is 12.0. The number of hydrogen-bond acceptors (Lipinski definition) is 3. The van der Waals surface area contributed by atoms with Crippen LogP contribution in [0.3, 0.4) is 0 Å². The van der Waals surface area contributed by atoms with Crippen LogP contribution in [0.5, 0.6) is 0 Å². The predicted molar refractivity (Wildman–Crippen MR) is 77.8 cm³/mol. The van der Waals surface area contributed by atoms with Gasteiger partial charge in [-0.05, 0) is 31.5 Å².